The molecule has 0 unspecified atom stereocenters. The molecule has 0 aromatic carbocycles. The van der Waals surface area contributed by atoms with Gasteiger partial charge in [-0.25, -0.2) is 4.90 Å². The van der Waals surface area contributed by atoms with Gasteiger partial charge in [0.25, 0.3) is 23.6 Å². The monoisotopic (exact) mass is 300 g/mol. The minimum absolute atomic E-state index is 0.306. The Morgan fingerprint density at radius 2 is 1.36 bits per heavy atom. The standard InChI is InChI=1S/C16H16N2O4/c1-11(4-3-9-17-13(19)5-6-14(17)20)10-12(2)18-15(21)7-8-16(18)22/h5-8H,1-4,9-10H2. The molecule has 0 radical (unpaired) electrons. The van der Waals surface area contributed by atoms with Crippen LogP contribution >= 0.6 is 0 Å². The first-order chi connectivity index (χ1) is 10.4. The zero-order valence-corrected chi connectivity index (χ0v) is 12.1. The predicted molar refractivity (Wildman–Crippen MR) is 79.0 cm³/mol. The fourth-order valence-corrected chi connectivity index (χ4v) is 2.31. The van der Waals surface area contributed by atoms with Gasteiger partial charge in [0.15, 0.2) is 0 Å². The Labute approximate surface area is 128 Å². The van der Waals surface area contributed by atoms with Crippen LogP contribution in [-0.2, 0) is 19.2 Å². The van der Waals surface area contributed by atoms with Crippen molar-refractivity contribution in [2.45, 2.75) is 19.3 Å². The average Bonchev–Trinajstić information content (AvgIpc) is 2.94. The molecule has 0 spiro atoms. The minimum atomic E-state index is -0.401. The predicted octanol–water partition coefficient (Wildman–Crippen LogP) is 1.08. The average molecular weight is 300 g/mol. The fourth-order valence-electron chi connectivity index (χ4n) is 2.31. The van der Waals surface area contributed by atoms with Crippen molar-refractivity contribution < 1.29 is 19.2 Å². The van der Waals surface area contributed by atoms with E-state index in [0.717, 1.165) is 10.5 Å². The molecule has 22 heavy (non-hydrogen) atoms. The summed E-state index contributed by atoms with van der Waals surface area (Å²) in [5.74, 6) is -1.41. The minimum Gasteiger partial charge on any atom is -0.275 e. The van der Waals surface area contributed by atoms with Gasteiger partial charge in [0.1, 0.15) is 0 Å². The van der Waals surface area contributed by atoms with Crippen molar-refractivity contribution in [1.82, 2.24) is 9.80 Å². The SMILES string of the molecule is C=C(CCCN1C(=O)C=CC1=O)CC(=C)N1C(=O)C=CC1=O. The second-order valence-corrected chi connectivity index (χ2v) is 5.10. The highest BCUT2D eigenvalue weighted by molar-refractivity contribution is 6.14. The van der Waals surface area contributed by atoms with Gasteiger partial charge in [0, 0.05) is 43.0 Å². The molecule has 0 fully saturated rings. The molecule has 2 aliphatic heterocycles. The molecule has 4 amide bonds. The van der Waals surface area contributed by atoms with Gasteiger partial charge in [-0.1, -0.05) is 18.7 Å². The molecule has 114 valence electrons. The summed E-state index contributed by atoms with van der Waals surface area (Å²) in [7, 11) is 0. The topological polar surface area (TPSA) is 74.8 Å². The first-order valence-electron chi connectivity index (χ1n) is 6.84. The number of hydrogen-bond acceptors (Lipinski definition) is 4. The van der Waals surface area contributed by atoms with Crippen molar-refractivity contribution in [3.63, 3.8) is 0 Å². The summed E-state index contributed by atoms with van der Waals surface area (Å²) in [5, 5.41) is 0. The maximum atomic E-state index is 11.5. The van der Waals surface area contributed by atoms with Crippen LogP contribution in [-0.4, -0.2) is 40.0 Å². The van der Waals surface area contributed by atoms with Gasteiger partial charge < -0.3 is 0 Å². The van der Waals surface area contributed by atoms with Crippen LogP contribution in [0.4, 0.5) is 0 Å². The van der Waals surface area contributed by atoms with E-state index in [9.17, 15) is 19.2 Å². The van der Waals surface area contributed by atoms with Crippen LogP contribution in [0, 0.1) is 0 Å². The zero-order chi connectivity index (χ0) is 16.3. The highest BCUT2D eigenvalue weighted by Crippen LogP contribution is 2.20. The van der Waals surface area contributed by atoms with Crippen LogP contribution in [0.1, 0.15) is 19.3 Å². The first-order valence-corrected chi connectivity index (χ1v) is 6.84. The molecule has 0 saturated heterocycles. The van der Waals surface area contributed by atoms with Crippen molar-refractivity contribution >= 4 is 23.6 Å². The lowest BCUT2D eigenvalue weighted by Crippen LogP contribution is -2.31. The molecule has 0 atom stereocenters. The second-order valence-electron chi connectivity index (χ2n) is 5.10. The first kappa shape index (κ1) is 15.6. The van der Waals surface area contributed by atoms with Gasteiger partial charge in [-0.3, -0.25) is 24.1 Å². The lowest BCUT2D eigenvalue weighted by Gasteiger charge is -2.18. The highest BCUT2D eigenvalue weighted by Gasteiger charge is 2.26. The van der Waals surface area contributed by atoms with Gasteiger partial charge in [0.2, 0.25) is 0 Å². The number of hydrogen-bond donors (Lipinski definition) is 0. The van der Waals surface area contributed by atoms with E-state index in [1.807, 2.05) is 0 Å². The van der Waals surface area contributed by atoms with Gasteiger partial charge >= 0.3 is 0 Å². The maximum absolute atomic E-state index is 11.5. The van der Waals surface area contributed by atoms with E-state index in [1.54, 1.807) is 0 Å². The van der Waals surface area contributed by atoms with Gasteiger partial charge in [-0.05, 0) is 12.8 Å². The Kier molecular flexibility index (Phi) is 4.50. The quantitative estimate of drug-likeness (QED) is 0.521. The number of imide groups is 2. The molecule has 6 heteroatoms. The Morgan fingerprint density at radius 1 is 0.864 bits per heavy atom. The molecule has 6 nitrogen and oxygen atoms in total. The number of carbonyl (C=O) groups excluding carboxylic acids is 4. The molecule has 0 aliphatic carbocycles. The summed E-state index contributed by atoms with van der Waals surface area (Å²) >= 11 is 0. The van der Waals surface area contributed by atoms with Crippen LogP contribution < -0.4 is 0 Å². The molecule has 0 saturated carbocycles. The van der Waals surface area contributed by atoms with E-state index >= 15 is 0 Å². The molecule has 0 aromatic heterocycles. The summed E-state index contributed by atoms with van der Waals surface area (Å²) < 4.78 is 0. The van der Waals surface area contributed by atoms with Crippen molar-refractivity contribution in [1.29, 1.82) is 0 Å². The molecular formula is C16H16N2O4. The number of amides is 4. The van der Waals surface area contributed by atoms with Crippen LogP contribution in [0.15, 0.2) is 48.7 Å². The van der Waals surface area contributed by atoms with Gasteiger partial charge in [-0.2, -0.15) is 0 Å². The largest absolute Gasteiger partial charge is 0.275 e. The lowest BCUT2D eigenvalue weighted by atomic mass is 10.1. The third-order valence-corrected chi connectivity index (χ3v) is 3.39. The summed E-state index contributed by atoms with van der Waals surface area (Å²) in [6.45, 7) is 7.94. The molecular weight excluding hydrogens is 284 g/mol. The Bertz CT molecular complexity index is 607. The van der Waals surface area contributed by atoms with E-state index in [4.69, 9.17) is 0 Å². The molecule has 0 bridgehead atoms. The van der Waals surface area contributed by atoms with Crippen LogP contribution in [0.5, 0.6) is 0 Å². The Balaban J connectivity index is 1.75. The summed E-state index contributed by atoms with van der Waals surface area (Å²) in [5.41, 5.74) is 1.16. The number of nitrogens with zero attached hydrogens (tertiary/aromatic N) is 2. The Morgan fingerprint density at radius 3 is 1.91 bits per heavy atom. The summed E-state index contributed by atoms with van der Waals surface area (Å²) in [6, 6.07) is 0. The van der Waals surface area contributed by atoms with E-state index in [0.29, 0.717) is 31.5 Å². The van der Waals surface area contributed by atoms with E-state index in [1.165, 1.54) is 29.2 Å². The third kappa shape index (κ3) is 3.28. The van der Waals surface area contributed by atoms with Crippen LogP contribution in [0.2, 0.25) is 0 Å². The number of allylic oxidation sites excluding steroid dienone is 1. The number of carbonyl (C=O) groups is 4. The van der Waals surface area contributed by atoms with Crippen molar-refractivity contribution in [2.24, 2.45) is 0 Å². The molecule has 2 heterocycles. The summed E-state index contributed by atoms with van der Waals surface area (Å²) in [6.07, 6.45) is 6.36. The van der Waals surface area contributed by atoms with E-state index < -0.39 is 11.8 Å². The molecule has 2 aliphatic rings. The molecule has 0 aromatic rings. The maximum Gasteiger partial charge on any atom is 0.257 e. The Hall–Kier alpha value is -2.76. The van der Waals surface area contributed by atoms with Gasteiger partial charge in [0.05, 0.1) is 0 Å². The third-order valence-electron chi connectivity index (χ3n) is 3.39. The molecule has 0 N–H and O–H groups in total. The van der Waals surface area contributed by atoms with Crippen molar-refractivity contribution in [3.8, 4) is 0 Å². The van der Waals surface area contributed by atoms with Crippen LogP contribution in [0.3, 0.4) is 0 Å². The normalized spacial score (nSPS) is 17.1. The summed E-state index contributed by atoms with van der Waals surface area (Å²) in [4.78, 5) is 48.0. The zero-order valence-electron chi connectivity index (χ0n) is 12.1. The van der Waals surface area contributed by atoms with Crippen LogP contribution in [0.25, 0.3) is 0 Å². The second kappa shape index (κ2) is 6.34. The lowest BCUT2D eigenvalue weighted by molar-refractivity contribution is -0.137. The highest BCUT2D eigenvalue weighted by atomic mass is 16.2. The smallest absolute Gasteiger partial charge is 0.257 e. The van der Waals surface area contributed by atoms with Crippen molar-refractivity contribution in [2.75, 3.05) is 6.54 Å². The fraction of sp³-hybridized carbons (Fsp3) is 0.250. The number of rotatable bonds is 7. The van der Waals surface area contributed by atoms with E-state index in [-0.39, 0.29) is 11.8 Å². The molecule has 2 rings (SSSR count). The van der Waals surface area contributed by atoms with E-state index in [2.05, 4.69) is 13.2 Å². The van der Waals surface area contributed by atoms with Gasteiger partial charge in [-0.15, -0.1) is 0 Å². The van der Waals surface area contributed by atoms with Crippen molar-refractivity contribution in [3.05, 3.63) is 48.7 Å².